The van der Waals surface area contributed by atoms with Gasteiger partial charge < -0.3 is 9.97 Å². The van der Waals surface area contributed by atoms with Crippen LogP contribution in [0.15, 0.2) is 48.7 Å². The van der Waals surface area contributed by atoms with Gasteiger partial charge in [-0.2, -0.15) is 0 Å². The van der Waals surface area contributed by atoms with Gasteiger partial charge in [-0.05, 0) is 41.6 Å². The highest BCUT2D eigenvalue weighted by molar-refractivity contribution is 7.22. The van der Waals surface area contributed by atoms with Crippen molar-refractivity contribution in [3.05, 3.63) is 60.3 Å². The highest BCUT2D eigenvalue weighted by atomic mass is 32.1. The van der Waals surface area contributed by atoms with Crippen molar-refractivity contribution in [1.82, 2.24) is 19.9 Å². The predicted molar refractivity (Wildman–Crippen MR) is 125 cm³/mol. The summed E-state index contributed by atoms with van der Waals surface area (Å²) in [6.45, 7) is 10.3. The zero-order valence-electron chi connectivity index (χ0n) is 17.5. The summed E-state index contributed by atoms with van der Waals surface area (Å²) in [5, 5.41) is 1.25. The predicted octanol–water partition coefficient (Wildman–Crippen LogP) is 7.29. The topological polar surface area (TPSA) is 57.4 Å². The molecule has 0 spiro atoms. The Balaban J connectivity index is 0.000000994. The number of aromatic nitrogens is 4. The third-order valence-electron chi connectivity index (χ3n) is 4.86. The lowest BCUT2D eigenvalue weighted by Crippen LogP contribution is -1.89. The number of aryl methyl sites for hydroxylation is 1. The molecule has 4 nitrogen and oxygen atoms in total. The summed E-state index contributed by atoms with van der Waals surface area (Å²) in [4.78, 5) is 17.0. The van der Waals surface area contributed by atoms with Crippen molar-refractivity contribution in [2.24, 2.45) is 0 Å². The number of fused-ring (bicyclic) bond motifs is 2. The van der Waals surface area contributed by atoms with Crippen LogP contribution in [0.4, 0.5) is 0 Å². The van der Waals surface area contributed by atoms with E-state index in [1.54, 1.807) is 0 Å². The molecule has 29 heavy (non-hydrogen) atoms. The molecule has 0 aliphatic heterocycles. The molecule has 3 heterocycles. The SMILES string of the molecule is CC.Cc1nc2cc3sc(-c4ccc(-c5cnc(C(C)C)[nH]5)cc4)cc3cc2[nH]1. The van der Waals surface area contributed by atoms with Crippen molar-refractivity contribution >= 4 is 32.5 Å². The van der Waals surface area contributed by atoms with Crippen LogP contribution in [-0.4, -0.2) is 19.9 Å². The zero-order chi connectivity index (χ0) is 20.5. The van der Waals surface area contributed by atoms with Crippen LogP contribution in [0.2, 0.25) is 0 Å². The molecule has 0 bridgehead atoms. The van der Waals surface area contributed by atoms with E-state index in [0.717, 1.165) is 33.9 Å². The standard InChI is InChI=1S/C22H20N4S.C2H6/c1-12(2)22-23-11-19(26-22)14-4-6-15(7-5-14)20-9-16-8-17-18(10-21(16)27-20)25-13(3)24-17;1-2/h4-12H,1-3H3,(H,23,26)(H,24,25);1-2H3. The van der Waals surface area contributed by atoms with Gasteiger partial charge in [-0.15, -0.1) is 11.3 Å². The second kappa shape index (κ2) is 7.84. The molecule has 148 valence electrons. The van der Waals surface area contributed by atoms with E-state index >= 15 is 0 Å². The molecule has 0 saturated carbocycles. The Morgan fingerprint density at radius 2 is 1.66 bits per heavy atom. The van der Waals surface area contributed by atoms with E-state index in [2.05, 4.69) is 76.2 Å². The van der Waals surface area contributed by atoms with Crippen LogP contribution in [0.5, 0.6) is 0 Å². The molecule has 5 heteroatoms. The lowest BCUT2D eigenvalue weighted by Gasteiger charge is -2.02. The average Bonchev–Trinajstić information content (AvgIpc) is 3.44. The van der Waals surface area contributed by atoms with E-state index in [-0.39, 0.29) is 0 Å². The molecule has 0 radical (unpaired) electrons. The minimum absolute atomic E-state index is 0.404. The Morgan fingerprint density at radius 3 is 2.34 bits per heavy atom. The van der Waals surface area contributed by atoms with Gasteiger partial charge in [0, 0.05) is 15.5 Å². The average molecular weight is 403 g/mol. The molecule has 2 N–H and O–H groups in total. The number of imidazole rings is 2. The molecule has 0 aliphatic carbocycles. The van der Waals surface area contributed by atoms with Crippen LogP contribution in [0.3, 0.4) is 0 Å². The van der Waals surface area contributed by atoms with E-state index in [0.29, 0.717) is 5.92 Å². The number of thiophene rings is 1. The Kier molecular flexibility index (Phi) is 5.24. The maximum absolute atomic E-state index is 4.55. The van der Waals surface area contributed by atoms with Crippen molar-refractivity contribution in [3.8, 4) is 21.7 Å². The largest absolute Gasteiger partial charge is 0.342 e. The monoisotopic (exact) mass is 402 g/mol. The minimum atomic E-state index is 0.404. The fraction of sp³-hybridized carbons (Fsp3) is 0.250. The van der Waals surface area contributed by atoms with E-state index < -0.39 is 0 Å². The number of nitrogens with zero attached hydrogens (tertiary/aromatic N) is 2. The smallest absolute Gasteiger partial charge is 0.109 e. The summed E-state index contributed by atoms with van der Waals surface area (Å²) in [5.74, 6) is 2.39. The first-order valence-corrected chi connectivity index (χ1v) is 10.9. The van der Waals surface area contributed by atoms with Gasteiger partial charge in [0.15, 0.2) is 0 Å². The number of hydrogen-bond donors (Lipinski definition) is 2. The first kappa shape index (κ1) is 19.4. The summed E-state index contributed by atoms with van der Waals surface area (Å²) in [7, 11) is 0. The molecule has 3 aromatic heterocycles. The maximum atomic E-state index is 4.55. The molecule has 0 saturated heterocycles. The summed E-state index contributed by atoms with van der Waals surface area (Å²) in [5.41, 5.74) is 5.59. The number of benzene rings is 2. The van der Waals surface area contributed by atoms with Crippen molar-refractivity contribution in [2.75, 3.05) is 0 Å². The first-order chi connectivity index (χ1) is 14.1. The van der Waals surface area contributed by atoms with E-state index in [1.807, 2.05) is 38.3 Å². The number of hydrogen-bond acceptors (Lipinski definition) is 3. The fourth-order valence-corrected chi connectivity index (χ4v) is 4.49. The molecule has 2 aromatic carbocycles. The molecular formula is C24H26N4S. The van der Waals surface area contributed by atoms with Crippen LogP contribution < -0.4 is 0 Å². The van der Waals surface area contributed by atoms with Crippen molar-refractivity contribution in [1.29, 1.82) is 0 Å². The minimum Gasteiger partial charge on any atom is -0.342 e. The molecule has 0 amide bonds. The molecule has 5 aromatic rings. The molecular weight excluding hydrogens is 376 g/mol. The Hall–Kier alpha value is -2.92. The number of H-pyrrole nitrogens is 2. The van der Waals surface area contributed by atoms with Gasteiger partial charge in [0.1, 0.15) is 11.6 Å². The van der Waals surface area contributed by atoms with Crippen molar-refractivity contribution in [2.45, 2.75) is 40.5 Å². The lowest BCUT2D eigenvalue weighted by atomic mass is 10.1. The van der Waals surface area contributed by atoms with E-state index in [4.69, 9.17) is 0 Å². The highest BCUT2D eigenvalue weighted by Crippen LogP contribution is 2.36. The van der Waals surface area contributed by atoms with Gasteiger partial charge in [0.25, 0.3) is 0 Å². The number of nitrogens with one attached hydrogen (secondary N) is 2. The first-order valence-electron chi connectivity index (χ1n) is 10.1. The van der Waals surface area contributed by atoms with Crippen LogP contribution >= 0.6 is 11.3 Å². The van der Waals surface area contributed by atoms with Crippen LogP contribution in [-0.2, 0) is 0 Å². The third kappa shape index (κ3) is 3.70. The Bertz CT molecular complexity index is 1200. The maximum Gasteiger partial charge on any atom is 0.109 e. The number of aromatic amines is 2. The second-order valence-electron chi connectivity index (χ2n) is 7.25. The van der Waals surface area contributed by atoms with Gasteiger partial charge >= 0.3 is 0 Å². The summed E-state index contributed by atoms with van der Waals surface area (Å²) in [6.07, 6.45) is 1.92. The molecule has 0 atom stereocenters. The van der Waals surface area contributed by atoms with Crippen molar-refractivity contribution < 1.29 is 0 Å². The summed E-state index contributed by atoms with van der Waals surface area (Å²) < 4.78 is 1.27. The van der Waals surface area contributed by atoms with Crippen LogP contribution in [0.1, 0.15) is 45.3 Å². The van der Waals surface area contributed by atoms with Gasteiger partial charge in [0.2, 0.25) is 0 Å². The van der Waals surface area contributed by atoms with Gasteiger partial charge in [-0.1, -0.05) is 52.0 Å². The second-order valence-corrected chi connectivity index (χ2v) is 8.34. The van der Waals surface area contributed by atoms with Gasteiger partial charge in [-0.25, -0.2) is 9.97 Å². The van der Waals surface area contributed by atoms with E-state index in [1.165, 1.54) is 20.5 Å². The molecule has 5 rings (SSSR count). The molecule has 0 fully saturated rings. The van der Waals surface area contributed by atoms with Crippen molar-refractivity contribution in [3.63, 3.8) is 0 Å². The quantitative estimate of drug-likeness (QED) is 0.333. The fourth-order valence-electron chi connectivity index (χ4n) is 3.41. The summed E-state index contributed by atoms with van der Waals surface area (Å²) >= 11 is 1.81. The zero-order valence-corrected chi connectivity index (χ0v) is 18.3. The Morgan fingerprint density at radius 1 is 0.931 bits per heavy atom. The summed E-state index contributed by atoms with van der Waals surface area (Å²) in [6, 6.07) is 15.3. The van der Waals surface area contributed by atoms with E-state index in [9.17, 15) is 0 Å². The third-order valence-corrected chi connectivity index (χ3v) is 6.01. The van der Waals surface area contributed by atoms with Crippen LogP contribution in [0, 0.1) is 6.92 Å². The van der Waals surface area contributed by atoms with Gasteiger partial charge in [-0.3, -0.25) is 0 Å². The van der Waals surface area contributed by atoms with Crippen LogP contribution in [0.25, 0.3) is 42.8 Å². The lowest BCUT2D eigenvalue weighted by molar-refractivity contribution is 0.795. The number of rotatable bonds is 3. The Labute approximate surface area is 175 Å². The molecule has 0 unspecified atom stereocenters. The highest BCUT2D eigenvalue weighted by Gasteiger charge is 2.10. The molecule has 0 aliphatic rings. The normalized spacial score (nSPS) is 11.2. The van der Waals surface area contributed by atoms with Gasteiger partial charge in [0.05, 0.1) is 22.9 Å².